The van der Waals surface area contributed by atoms with Crippen molar-refractivity contribution in [1.82, 2.24) is 5.32 Å². The van der Waals surface area contributed by atoms with E-state index in [1.54, 1.807) is 24.3 Å². The quantitative estimate of drug-likeness (QED) is 0.847. The molecule has 1 amide bonds. The first-order valence-corrected chi connectivity index (χ1v) is 6.29. The van der Waals surface area contributed by atoms with Gasteiger partial charge in [-0.25, -0.2) is 8.78 Å². The summed E-state index contributed by atoms with van der Waals surface area (Å²) in [5.74, 6) is -0.184. The standard InChI is InChI=1S/C13H16ClF2NO3/c1-13(2,12(19)17-7-10(18)11(15)16)20-9-5-3-8(14)4-6-9/h3-6,10-11,18H,7H2,1-2H3,(H,17,19). The molecule has 0 saturated heterocycles. The first-order chi connectivity index (χ1) is 9.22. The number of aliphatic hydroxyl groups excluding tert-OH is 1. The molecule has 1 atom stereocenters. The highest BCUT2D eigenvalue weighted by Crippen LogP contribution is 2.21. The molecule has 1 aromatic rings. The highest BCUT2D eigenvalue weighted by Gasteiger charge is 2.31. The molecule has 2 N–H and O–H groups in total. The summed E-state index contributed by atoms with van der Waals surface area (Å²) >= 11 is 5.73. The van der Waals surface area contributed by atoms with Gasteiger partial charge in [-0.15, -0.1) is 0 Å². The number of hydrogen-bond acceptors (Lipinski definition) is 3. The van der Waals surface area contributed by atoms with E-state index in [-0.39, 0.29) is 0 Å². The van der Waals surface area contributed by atoms with Crippen LogP contribution in [0.25, 0.3) is 0 Å². The Morgan fingerprint density at radius 2 is 1.95 bits per heavy atom. The fraction of sp³-hybridized carbons (Fsp3) is 0.462. The third kappa shape index (κ3) is 4.94. The number of rotatable bonds is 6. The second-order valence-electron chi connectivity index (χ2n) is 4.68. The van der Waals surface area contributed by atoms with Crippen molar-refractivity contribution in [1.29, 1.82) is 0 Å². The lowest BCUT2D eigenvalue weighted by atomic mass is 10.1. The third-order valence-electron chi connectivity index (χ3n) is 2.50. The Balaban J connectivity index is 2.58. The number of benzene rings is 1. The zero-order valence-electron chi connectivity index (χ0n) is 11.1. The van der Waals surface area contributed by atoms with E-state index in [1.807, 2.05) is 0 Å². The van der Waals surface area contributed by atoms with E-state index in [9.17, 15) is 13.6 Å². The average Bonchev–Trinajstić information content (AvgIpc) is 2.37. The zero-order valence-corrected chi connectivity index (χ0v) is 11.8. The van der Waals surface area contributed by atoms with Gasteiger partial charge in [-0.1, -0.05) is 11.6 Å². The molecule has 0 aliphatic heterocycles. The van der Waals surface area contributed by atoms with Crippen LogP contribution in [0.5, 0.6) is 5.75 Å². The van der Waals surface area contributed by atoms with E-state index in [0.29, 0.717) is 10.8 Å². The van der Waals surface area contributed by atoms with Gasteiger partial charge in [-0.05, 0) is 38.1 Å². The molecule has 20 heavy (non-hydrogen) atoms. The van der Waals surface area contributed by atoms with E-state index in [2.05, 4.69) is 5.32 Å². The van der Waals surface area contributed by atoms with Gasteiger partial charge in [-0.3, -0.25) is 4.79 Å². The maximum Gasteiger partial charge on any atom is 0.265 e. The van der Waals surface area contributed by atoms with Crippen molar-refractivity contribution in [3.63, 3.8) is 0 Å². The van der Waals surface area contributed by atoms with Gasteiger partial charge < -0.3 is 15.2 Å². The van der Waals surface area contributed by atoms with Crippen LogP contribution in [0.15, 0.2) is 24.3 Å². The van der Waals surface area contributed by atoms with Gasteiger partial charge in [0, 0.05) is 11.6 Å². The predicted molar refractivity (Wildman–Crippen MR) is 71.2 cm³/mol. The summed E-state index contributed by atoms with van der Waals surface area (Å²) in [5.41, 5.74) is -1.27. The van der Waals surface area contributed by atoms with Crippen LogP contribution >= 0.6 is 11.6 Å². The highest BCUT2D eigenvalue weighted by atomic mass is 35.5. The molecule has 0 heterocycles. The van der Waals surface area contributed by atoms with Gasteiger partial charge in [0.25, 0.3) is 12.3 Å². The highest BCUT2D eigenvalue weighted by molar-refractivity contribution is 6.30. The fourth-order valence-corrected chi connectivity index (χ4v) is 1.47. The smallest absolute Gasteiger partial charge is 0.265 e. The molecule has 0 aliphatic carbocycles. The van der Waals surface area contributed by atoms with E-state index >= 15 is 0 Å². The van der Waals surface area contributed by atoms with E-state index in [4.69, 9.17) is 21.4 Å². The lowest BCUT2D eigenvalue weighted by Crippen LogP contribution is -2.49. The van der Waals surface area contributed by atoms with E-state index in [1.165, 1.54) is 13.8 Å². The van der Waals surface area contributed by atoms with Crippen molar-refractivity contribution in [3.05, 3.63) is 29.3 Å². The van der Waals surface area contributed by atoms with Gasteiger partial charge >= 0.3 is 0 Å². The molecule has 0 saturated carbocycles. The molecule has 1 aromatic carbocycles. The van der Waals surface area contributed by atoms with Crippen LogP contribution in [0.2, 0.25) is 5.02 Å². The lowest BCUT2D eigenvalue weighted by Gasteiger charge is -2.26. The summed E-state index contributed by atoms with van der Waals surface area (Å²) in [6, 6.07) is 6.38. The second kappa shape index (κ2) is 6.85. The maximum absolute atomic E-state index is 12.1. The minimum Gasteiger partial charge on any atom is -0.478 e. The van der Waals surface area contributed by atoms with Crippen LogP contribution in [-0.4, -0.2) is 35.7 Å². The third-order valence-corrected chi connectivity index (χ3v) is 2.75. The number of halogens is 3. The Hall–Kier alpha value is -1.40. The summed E-state index contributed by atoms with van der Waals surface area (Å²) in [7, 11) is 0. The molecule has 0 spiro atoms. The van der Waals surface area contributed by atoms with Crippen LogP contribution in [0.1, 0.15) is 13.8 Å². The Labute approximate surface area is 120 Å². The van der Waals surface area contributed by atoms with Crippen LogP contribution in [0.3, 0.4) is 0 Å². The van der Waals surface area contributed by atoms with E-state index < -0.39 is 30.6 Å². The van der Waals surface area contributed by atoms with E-state index in [0.717, 1.165) is 0 Å². The lowest BCUT2D eigenvalue weighted by molar-refractivity contribution is -0.135. The minimum atomic E-state index is -2.91. The van der Waals surface area contributed by atoms with Crippen molar-refractivity contribution in [2.45, 2.75) is 32.0 Å². The SMILES string of the molecule is CC(C)(Oc1ccc(Cl)cc1)C(=O)NCC(O)C(F)F. The van der Waals surface area contributed by atoms with Crippen molar-refractivity contribution < 1.29 is 23.4 Å². The molecule has 0 radical (unpaired) electrons. The number of ether oxygens (including phenoxy) is 1. The number of carbonyl (C=O) groups is 1. The normalized spacial score (nSPS) is 13.2. The Morgan fingerprint density at radius 3 is 2.45 bits per heavy atom. The summed E-state index contributed by atoms with van der Waals surface area (Å²) in [5, 5.41) is 11.7. The molecular weight excluding hydrogens is 292 g/mol. The first kappa shape index (κ1) is 16.7. The second-order valence-corrected chi connectivity index (χ2v) is 5.11. The van der Waals surface area contributed by atoms with Crippen LogP contribution in [0.4, 0.5) is 8.78 Å². The van der Waals surface area contributed by atoms with Gasteiger partial charge in [0.15, 0.2) is 5.60 Å². The van der Waals surface area contributed by atoms with Crippen molar-refractivity contribution in [3.8, 4) is 5.75 Å². The molecule has 1 rings (SSSR count). The maximum atomic E-state index is 12.1. The summed E-state index contributed by atoms with van der Waals surface area (Å²) in [4.78, 5) is 11.8. The number of amides is 1. The Kier molecular flexibility index (Phi) is 5.71. The summed E-state index contributed by atoms with van der Waals surface area (Å²) in [6.45, 7) is 2.45. The number of hydrogen-bond donors (Lipinski definition) is 2. The molecule has 0 aromatic heterocycles. The first-order valence-electron chi connectivity index (χ1n) is 5.91. The van der Waals surface area contributed by atoms with Gasteiger partial charge in [0.2, 0.25) is 0 Å². The fourth-order valence-electron chi connectivity index (χ4n) is 1.34. The van der Waals surface area contributed by atoms with Gasteiger partial charge in [0.05, 0.1) is 0 Å². The minimum absolute atomic E-state index is 0.420. The molecule has 4 nitrogen and oxygen atoms in total. The van der Waals surface area contributed by atoms with Gasteiger partial charge in [0.1, 0.15) is 11.9 Å². The average molecular weight is 308 g/mol. The topological polar surface area (TPSA) is 58.6 Å². The van der Waals surface area contributed by atoms with Crippen LogP contribution in [0, 0.1) is 0 Å². The molecule has 0 aliphatic rings. The number of aliphatic hydroxyl groups is 1. The van der Waals surface area contributed by atoms with Crippen molar-refractivity contribution >= 4 is 17.5 Å². The Bertz CT molecular complexity index is 451. The molecule has 0 bridgehead atoms. The molecule has 7 heteroatoms. The molecule has 0 fully saturated rings. The monoisotopic (exact) mass is 307 g/mol. The molecule has 1 unspecified atom stereocenters. The van der Waals surface area contributed by atoms with Crippen LogP contribution < -0.4 is 10.1 Å². The zero-order chi connectivity index (χ0) is 15.3. The predicted octanol–water partition coefficient (Wildman–Crippen LogP) is 2.24. The van der Waals surface area contributed by atoms with Crippen molar-refractivity contribution in [2.75, 3.05) is 6.54 Å². The van der Waals surface area contributed by atoms with Crippen LogP contribution in [-0.2, 0) is 4.79 Å². The molecule has 112 valence electrons. The molecular formula is C13H16ClF2NO3. The largest absolute Gasteiger partial charge is 0.478 e. The summed E-state index contributed by atoms with van der Waals surface area (Å²) in [6.07, 6.45) is -4.80. The Morgan fingerprint density at radius 1 is 1.40 bits per heavy atom. The summed E-state index contributed by atoms with van der Waals surface area (Å²) < 4.78 is 29.7. The van der Waals surface area contributed by atoms with Crippen molar-refractivity contribution in [2.24, 2.45) is 0 Å². The van der Waals surface area contributed by atoms with Gasteiger partial charge in [-0.2, -0.15) is 0 Å². The number of carbonyl (C=O) groups excluding carboxylic acids is 1. The number of nitrogens with one attached hydrogen (secondary N) is 1. The number of alkyl halides is 2.